The van der Waals surface area contributed by atoms with E-state index in [-0.39, 0.29) is 37.0 Å². The van der Waals surface area contributed by atoms with E-state index in [0.29, 0.717) is 5.56 Å². The summed E-state index contributed by atoms with van der Waals surface area (Å²) < 4.78 is 12.7. The number of amides is 2. The highest BCUT2D eigenvalue weighted by molar-refractivity contribution is 6.01. The Kier molecular flexibility index (Phi) is 3.19. The number of hydrogen-bond acceptors (Lipinski definition) is 3. The molecule has 1 aromatic carbocycles. The van der Waals surface area contributed by atoms with Crippen LogP contribution >= 0.6 is 0 Å². The van der Waals surface area contributed by atoms with E-state index in [1.165, 1.54) is 17.0 Å². The Morgan fingerprint density at radius 1 is 1.18 bits per heavy atom. The molecule has 2 rings (SSSR count). The lowest BCUT2D eigenvalue weighted by atomic mass is 10.1. The van der Waals surface area contributed by atoms with Gasteiger partial charge in [-0.05, 0) is 17.7 Å². The van der Waals surface area contributed by atoms with Crippen molar-refractivity contribution in [3.63, 3.8) is 0 Å². The van der Waals surface area contributed by atoms with Crippen molar-refractivity contribution in [2.75, 3.05) is 6.54 Å². The van der Waals surface area contributed by atoms with Gasteiger partial charge >= 0.3 is 0 Å². The standard InChI is InChI=1S/C12H13FN2O2/c13-9-3-1-8(2-4-9)10(14)7-15-11(16)5-6-12(15)17/h1-4,10H,5-7,14H2. The van der Waals surface area contributed by atoms with Gasteiger partial charge in [-0.15, -0.1) is 0 Å². The highest BCUT2D eigenvalue weighted by atomic mass is 19.1. The SMILES string of the molecule is NC(CN1C(=O)CCC1=O)c1ccc(F)cc1. The van der Waals surface area contributed by atoms with Crippen LogP contribution in [0, 0.1) is 5.82 Å². The van der Waals surface area contributed by atoms with Gasteiger partial charge in [-0.1, -0.05) is 12.1 Å². The number of imide groups is 1. The molecule has 5 heteroatoms. The number of nitrogens with zero attached hydrogens (tertiary/aromatic N) is 1. The van der Waals surface area contributed by atoms with E-state index in [2.05, 4.69) is 0 Å². The molecule has 0 radical (unpaired) electrons. The number of carbonyl (C=O) groups excluding carboxylic acids is 2. The minimum absolute atomic E-state index is 0.156. The van der Waals surface area contributed by atoms with Crippen LogP contribution in [0.4, 0.5) is 4.39 Å². The number of carbonyl (C=O) groups is 2. The van der Waals surface area contributed by atoms with Gasteiger partial charge in [0.2, 0.25) is 11.8 Å². The number of rotatable bonds is 3. The van der Waals surface area contributed by atoms with E-state index in [0.717, 1.165) is 0 Å². The Labute approximate surface area is 98.2 Å². The van der Waals surface area contributed by atoms with Crippen LogP contribution in [0.25, 0.3) is 0 Å². The molecular weight excluding hydrogens is 223 g/mol. The normalized spacial score (nSPS) is 17.6. The third kappa shape index (κ3) is 2.50. The average molecular weight is 236 g/mol. The van der Waals surface area contributed by atoms with Gasteiger partial charge in [-0.25, -0.2) is 4.39 Å². The molecule has 2 N–H and O–H groups in total. The maximum absolute atomic E-state index is 12.7. The van der Waals surface area contributed by atoms with Gasteiger partial charge in [0.1, 0.15) is 5.82 Å². The summed E-state index contributed by atoms with van der Waals surface area (Å²) in [5.74, 6) is -0.714. The fraction of sp³-hybridized carbons (Fsp3) is 0.333. The maximum Gasteiger partial charge on any atom is 0.229 e. The molecule has 0 aliphatic carbocycles. The molecule has 0 bridgehead atoms. The first-order chi connectivity index (χ1) is 8.08. The predicted molar refractivity (Wildman–Crippen MR) is 59.3 cm³/mol. The van der Waals surface area contributed by atoms with Crippen LogP contribution in [0.3, 0.4) is 0 Å². The van der Waals surface area contributed by atoms with Crippen molar-refractivity contribution in [3.05, 3.63) is 35.6 Å². The summed E-state index contributed by atoms with van der Waals surface area (Å²) in [6.07, 6.45) is 0.518. The first kappa shape index (κ1) is 11.7. The van der Waals surface area contributed by atoms with Crippen LogP contribution in [-0.2, 0) is 9.59 Å². The quantitative estimate of drug-likeness (QED) is 0.795. The summed E-state index contributed by atoms with van der Waals surface area (Å²) in [5.41, 5.74) is 6.59. The van der Waals surface area contributed by atoms with Gasteiger partial charge < -0.3 is 5.73 Å². The van der Waals surface area contributed by atoms with Crippen molar-refractivity contribution in [1.29, 1.82) is 0 Å². The third-order valence-electron chi connectivity index (χ3n) is 2.83. The highest BCUT2D eigenvalue weighted by Gasteiger charge is 2.30. The Bertz CT molecular complexity index is 428. The van der Waals surface area contributed by atoms with Crippen LogP contribution < -0.4 is 5.73 Å². The number of hydrogen-bond donors (Lipinski definition) is 1. The Morgan fingerprint density at radius 2 is 1.71 bits per heavy atom. The minimum atomic E-state index is -0.471. The van der Waals surface area contributed by atoms with Crippen molar-refractivity contribution < 1.29 is 14.0 Å². The second-order valence-corrected chi connectivity index (χ2v) is 4.06. The smallest absolute Gasteiger partial charge is 0.229 e. The summed E-state index contributed by atoms with van der Waals surface area (Å²) in [7, 11) is 0. The topological polar surface area (TPSA) is 63.4 Å². The molecule has 1 unspecified atom stereocenters. The van der Waals surface area contributed by atoms with E-state index < -0.39 is 6.04 Å². The van der Waals surface area contributed by atoms with Gasteiger partial charge in [-0.3, -0.25) is 14.5 Å². The van der Waals surface area contributed by atoms with E-state index in [1.807, 2.05) is 0 Å². The van der Waals surface area contributed by atoms with Gasteiger partial charge in [0.15, 0.2) is 0 Å². The van der Waals surface area contributed by atoms with Crippen molar-refractivity contribution in [2.24, 2.45) is 5.73 Å². The fourth-order valence-corrected chi connectivity index (χ4v) is 1.84. The van der Waals surface area contributed by atoms with Crippen molar-refractivity contribution in [1.82, 2.24) is 4.90 Å². The largest absolute Gasteiger partial charge is 0.322 e. The van der Waals surface area contributed by atoms with E-state index >= 15 is 0 Å². The summed E-state index contributed by atoms with van der Waals surface area (Å²) in [5, 5.41) is 0. The zero-order chi connectivity index (χ0) is 12.4. The zero-order valence-electron chi connectivity index (χ0n) is 9.23. The van der Waals surface area contributed by atoms with Crippen LogP contribution in [0.2, 0.25) is 0 Å². The van der Waals surface area contributed by atoms with Gasteiger partial charge in [0.05, 0.1) is 0 Å². The first-order valence-electron chi connectivity index (χ1n) is 5.42. The molecule has 1 atom stereocenters. The Morgan fingerprint density at radius 3 is 2.24 bits per heavy atom. The molecule has 0 aromatic heterocycles. The van der Waals surface area contributed by atoms with Crippen LogP contribution in [-0.4, -0.2) is 23.3 Å². The monoisotopic (exact) mass is 236 g/mol. The first-order valence-corrected chi connectivity index (χ1v) is 5.42. The molecule has 4 nitrogen and oxygen atoms in total. The molecule has 17 heavy (non-hydrogen) atoms. The number of nitrogens with two attached hydrogens (primary N) is 1. The molecule has 0 saturated carbocycles. The molecular formula is C12H13FN2O2. The Balaban J connectivity index is 2.06. The molecule has 90 valence electrons. The van der Waals surface area contributed by atoms with E-state index in [1.54, 1.807) is 12.1 Å². The minimum Gasteiger partial charge on any atom is -0.322 e. The van der Waals surface area contributed by atoms with Crippen molar-refractivity contribution >= 4 is 11.8 Å². The van der Waals surface area contributed by atoms with Gasteiger partial charge in [0, 0.05) is 25.4 Å². The third-order valence-corrected chi connectivity index (χ3v) is 2.83. The number of likely N-dealkylation sites (tertiary alicyclic amines) is 1. The van der Waals surface area contributed by atoms with Gasteiger partial charge in [-0.2, -0.15) is 0 Å². The van der Waals surface area contributed by atoms with Crippen LogP contribution in [0.5, 0.6) is 0 Å². The molecule has 1 fully saturated rings. The van der Waals surface area contributed by atoms with Crippen LogP contribution in [0.15, 0.2) is 24.3 Å². The summed E-state index contributed by atoms with van der Waals surface area (Å²) in [4.78, 5) is 24.0. The van der Waals surface area contributed by atoms with Gasteiger partial charge in [0.25, 0.3) is 0 Å². The lowest BCUT2D eigenvalue weighted by Crippen LogP contribution is -2.36. The lowest BCUT2D eigenvalue weighted by Gasteiger charge is -2.19. The van der Waals surface area contributed by atoms with Crippen molar-refractivity contribution in [2.45, 2.75) is 18.9 Å². The zero-order valence-corrected chi connectivity index (χ0v) is 9.23. The van der Waals surface area contributed by atoms with Crippen molar-refractivity contribution in [3.8, 4) is 0 Å². The van der Waals surface area contributed by atoms with E-state index in [4.69, 9.17) is 5.73 Å². The van der Waals surface area contributed by atoms with Crippen LogP contribution in [0.1, 0.15) is 24.4 Å². The highest BCUT2D eigenvalue weighted by Crippen LogP contribution is 2.17. The molecule has 0 spiro atoms. The fourth-order valence-electron chi connectivity index (χ4n) is 1.84. The number of halogens is 1. The molecule has 1 saturated heterocycles. The maximum atomic E-state index is 12.7. The second kappa shape index (κ2) is 4.63. The summed E-state index contributed by atoms with van der Waals surface area (Å²) >= 11 is 0. The average Bonchev–Trinajstić information content (AvgIpc) is 2.61. The number of benzene rings is 1. The molecule has 2 amide bonds. The van der Waals surface area contributed by atoms with E-state index in [9.17, 15) is 14.0 Å². The second-order valence-electron chi connectivity index (χ2n) is 4.06. The molecule has 1 aliphatic heterocycles. The molecule has 1 aliphatic rings. The molecule has 1 aromatic rings. The molecule has 1 heterocycles. The summed E-state index contributed by atoms with van der Waals surface area (Å²) in [6, 6.07) is 5.27. The predicted octanol–water partition coefficient (Wildman–Crippen LogP) is 0.974. The lowest BCUT2D eigenvalue weighted by molar-refractivity contribution is -0.138. The Hall–Kier alpha value is -1.75. The summed E-state index contributed by atoms with van der Waals surface area (Å²) in [6.45, 7) is 0.156.